The maximum atomic E-state index is 6.06. The van der Waals surface area contributed by atoms with Gasteiger partial charge in [0, 0.05) is 29.6 Å². The molecule has 5 nitrogen and oxygen atoms in total. The second-order valence-electron chi connectivity index (χ2n) is 5.14. The molecule has 1 aliphatic carbocycles. The van der Waals surface area contributed by atoms with Crippen LogP contribution in [0.25, 0.3) is 0 Å². The number of aryl methyl sites for hydroxylation is 1. The number of aromatic nitrogens is 2. The van der Waals surface area contributed by atoms with Gasteiger partial charge in [-0.25, -0.2) is 0 Å². The number of ether oxygens (including phenoxy) is 1. The molecule has 1 saturated carbocycles. The van der Waals surface area contributed by atoms with E-state index in [1.54, 1.807) is 0 Å². The summed E-state index contributed by atoms with van der Waals surface area (Å²) in [6, 6.07) is 6.27. The molecule has 0 aliphatic heterocycles. The van der Waals surface area contributed by atoms with Crippen LogP contribution in [0.5, 0.6) is 5.75 Å². The van der Waals surface area contributed by atoms with Gasteiger partial charge in [0.2, 0.25) is 5.89 Å². The van der Waals surface area contributed by atoms with Crippen LogP contribution in [0.15, 0.2) is 22.6 Å². The lowest BCUT2D eigenvalue weighted by molar-refractivity contribution is 0.256. The molecule has 1 aromatic heterocycles. The van der Waals surface area contributed by atoms with Gasteiger partial charge in [0.1, 0.15) is 5.75 Å². The summed E-state index contributed by atoms with van der Waals surface area (Å²) < 4.78 is 11.2. The number of nitrogens with one attached hydrogen (secondary N) is 1. The maximum Gasteiger partial charge on any atom is 0.253 e. The summed E-state index contributed by atoms with van der Waals surface area (Å²) in [5, 5.41) is 12.0. The molecule has 1 N–H and O–H groups in total. The molecule has 0 amide bonds. The zero-order valence-electron chi connectivity index (χ0n) is 11.9. The molecule has 1 aromatic carbocycles. The molecule has 112 valence electrons. The average molecular weight is 308 g/mol. The first-order chi connectivity index (χ1) is 10.2. The van der Waals surface area contributed by atoms with Gasteiger partial charge in [0.15, 0.2) is 6.61 Å². The third kappa shape index (κ3) is 3.95. The van der Waals surface area contributed by atoms with E-state index in [2.05, 4.69) is 15.5 Å². The fourth-order valence-electron chi connectivity index (χ4n) is 2.00. The highest BCUT2D eigenvalue weighted by atomic mass is 35.5. The van der Waals surface area contributed by atoms with E-state index < -0.39 is 0 Å². The van der Waals surface area contributed by atoms with Crippen LogP contribution in [0.4, 0.5) is 0 Å². The third-order valence-electron chi connectivity index (χ3n) is 3.34. The highest BCUT2D eigenvalue weighted by Gasteiger charge is 2.20. The second-order valence-corrected chi connectivity index (χ2v) is 5.58. The highest BCUT2D eigenvalue weighted by Crippen LogP contribution is 2.26. The lowest BCUT2D eigenvalue weighted by Gasteiger charge is -2.11. The van der Waals surface area contributed by atoms with E-state index in [4.69, 9.17) is 20.8 Å². The second kappa shape index (κ2) is 6.45. The van der Waals surface area contributed by atoms with Crippen LogP contribution in [-0.4, -0.2) is 16.2 Å². The molecule has 0 bridgehead atoms. The highest BCUT2D eigenvalue weighted by molar-refractivity contribution is 6.30. The Hall–Kier alpha value is -1.59. The average Bonchev–Trinajstić information content (AvgIpc) is 3.21. The summed E-state index contributed by atoms with van der Waals surface area (Å²) in [4.78, 5) is 0. The Morgan fingerprint density at radius 3 is 2.86 bits per heavy atom. The van der Waals surface area contributed by atoms with Crippen LogP contribution in [0.3, 0.4) is 0 Å². The first-order valence-corrected chi connectivity index (χ1v) is 7.58. The van der Waals surface area contributed by atoms with Gasteiger partial charge < -0.3 is 14.5 Å². The standard InChI is InChI=1S/C15H18ClN3O2/c1-2-14-18-19-15(21-14)9-20-13-6-3-11(16)7-10(13)8-17-12-4-5-12/h3,6-7,12,17H,2,4-5,8-9H2,1H3. The lowest BCUT2D eigenvalue weighted by Crippen LogP contribution is -2.16. The van der Waals surface area contributed by atoms with E-state index in [9.17, 15) is 0 Å². The molecule has 3 rings (SSSR count). The van der Waals surface area contributed by atoms with Gasteiger partial charge in [-0.2, -0.15) is 0 Å². The van der Waals surface area contributed by atoms with Crippen LogP contribution in [0.2, 0.25) is 5.02 Å². The van der Waals surface area contributed by atoms with Crippen molar-refractivity contribution in [2.45, 2.75) is 45.4 Å². The Morgan fingerprint density at radius 1 is 1.33 bits per heavy atom. The summed E-state index contributed by atoms with van der Waals surface area (Å²) in [7, 11) is 0. The smallest absolute Gasteiger partial charge is 0.253 e. The van der Waals surface area contributed by atoms with E-state index in [0.29, 0.717) is 22.8 Å². The van der Waals surface area contributed by atoms with E-state index in [1.165, 1.54) is 12.8 Å². The third-order valence-corrected chi connectivity index (χ3v) is 3.58. The number of halogens is 1. The Bertz CT molecular complexity index is 611. The summed E-state index contributed by atoms with van der Waals surface area (Å²) in [5.74, 6) is 1.91. The molecule has 0 atom stereocenters. The van der Waals surface area contributed by atoms with Crippen LogP contribution in [-0.2, 0) is 19.6 Å². The molecule has 0 spiro atoms. The SMILES string of the molecule is CCc1nnc(COc2ccc(Cl)cc2CNC2CC2)o1. The van der Waals surface area contributed by atoms with E-state index in [0.717, 1.165) is 24.3 Å². The topological polar surface area (TPSA) is 60.2 Å². The Labute approximate surface area is 128 Å². The van der Waals surface area contributed by atoms with Gasteiger partial charge in [-0.15, -0.1) is 10.2 Å². The molecular formula is C15H18ClN3O2. The number of benzene rings is 1. The van der Waals surface area contributed by atoms with Crippen molar-refractivity contribution in [2.24, 2.45) is 0 Å². The Morgan fingerprint density at radius 2 is 2.14 bits per heavy atom. The van der Waals surface area contributed by atoms with Gasteiger partial charge in [0.05, 0.1) is 0 Å². The van der Waals surface area contributed by atoms with Crippen LogP contribution in [0, 0.1) is 0 Å². The molecule has 6 heteroatoms. The molecule has 2 aromatic rings. The van der Waals surface area contributed by atoms with E-state index in [-0.39, 0.29) is 6.61 Å². The predicted molar refractivity (Wildman–Crippen MR) is 79.3 cm³/mol. The first kappa shape index (κ1) is 14.4. The fraction of sp³-hybridized carbons (Fsp3) is 0.467. The lowest BCUT2D eigenvalue weighted by atomic mass is 10.2. The van der Waals surface area contributed by atoms with Crippen LogP contribution < -0.4 is 10.1 Å². The van der Waals surface area contributed by atoms with Crippen molar-refractivity contribution in [1.29, 1.82) is 0 Å². The van der Waals surface area contributed by atoms with Gasteiger partial charge in [-0.3, -0.25) is 0 Å². The number of hydrogen-bond acceptors (Lipinski definition) is 5. The molecule has 0 unspecified atom stereocenters. The first-order valence-electron chi connectivity index (χ1n) is 7.20. The zero-order valence-corrected chi connectivity index (χ0v) is 12.7. The zero-order chi connectivity index (χ0) is 14.7. The summed E-state index contributed by atoms with van der Waals surface area (Å²) in [6.07, 6.45) is 3.22. The van der Waals surface area contributed by atoms with Crippen molar-refractivity contribution in [2.75, 3.05) is 0 Å². The number of rotatable bonds is 7. The Balaban J connectivity index is 1.65. The van der Waals surface area contributed by atoms with Gasteiger partial charge in [-0.1, -0.05) is 18.5 Å². The van der Waals surface area contributed by atoms with Crippen LogP contribution >= 0.6 is 11.6 Å². The Kier molecular flexibility index (Phi) is 4.41. The normalized spacial score (nSPS) is 14.4. The number of nitrogens with zero attached hydrogens (tertiary/aromatic N) is 2. The summed E-state index contributed by atoms with van der Waals surface area (Å²) in [5.41, 5.74) is 1.05. The van der Waals surface area contributed by atoms with E-state index in [1.807, 2.05) is 25.1 Å². The molecule has 21 heavy (non-hydrogen) atoms. The molecule has 1 fully saturated rings. The maximum absolute atomic E-state index is 6.06. The monoisotopic (exact) mass is 307 g/mol. The molecule has 1 heterocycles. The minimum atomic E-state index is 0.269. The molecule has 0 saturated heterocycles. The van der Waals surface area contributed by atoms with Crippen LogP contribution in [0.1, 0.15) is 37.1 Å². The van der Waals surface area contributed by atoms with Crippen molar-refractivity contribution >= 4 is 11.6 Å². The summed E-state index contributed by atoms with van der Waals surface area (Å²) >= 11 is 6.06. The minimum absolute atomic E-state index is 0.269. The quantitative estimate of drug-likeness (QED) is 0.851. The van der Waals surface area contributed by atoms with E-state index >= 15 is 0 Å². The van der Waals surface area contributed by atoms with Gasteiger partial charge in [0.25, 0.3) is 5.89 Å². The fourth-order valence-corrected chi connectivity index (χ4v) is 2.19. The molecular weight excluding hydrogens is 290 g/mol. The molecule has 0 radical (unpaired) electrons. The number of hydrogen-bond donors (Lipinski definition) is 1. The molecule has 1 aliphatic rings. The van der Waals surface area contributed by atoms with Crippen molar-refractivity contribution in [3.63, 3.8) is 0 Å². The van der Waals surface area contributed by atoms with Crippen molar-refractivity contribution < 1.29 is 9.15 Å². The summed E-state index contributed by atoms with van der Waals surface area (Å²) in [6.45, 7) is 2.99. The van der Waals surface area contributed by atoms with Crippen molar-refractivity contribution in [1.82, 2.24) is 15.5 Å². The van der Waals surface area contributed by atoms with Crippen molar-refractivity contribution in [3.05, 3.63) is 40.6 Å². The minimum Gasteiger partial charge on any atom is -0.483 e. The van der Waals surface area contributed by atoms with Crippen molar-refractivity contribution in [3.8, 4) is 5.75 Å². The van der Waals surface area contributed by atoms with Gasteiger partial charge >= 0.3 is 0 Å². The van der Waals surface area contributed by atoms with Gasteiger partial charge in [-0.05, 0) is 31.0 Å². The largest absolute Gasteiger partial charge is 0.483 e. The predicted octanol–water partition coefficient (Wildman–Crippen LogP) is 3.12.